The first-order valence-electron chi connectivity index (χ1n) is 10.6. The summed E-state index contributed by atoms with van der Waals surface area (Å²) in [5, 5.41) is 0. The largest absolute Gasteiger partial charge is 0.306 e. The Morgan fingerprint density at radius 1 is 0.700 bits per heavy atom. The quantitative estimate of drug-likeness (QED) is 0.475. The molecule has 0 atom stereocenters. The molecule has 0 unspecified atom stereocenters. The van der Waals surface area contributed by atoms with Crippen molar-refractivity contribution in [3.63, 3.8) is 0 Å². The number of aryl methyl sites for hydroxylation is 6. The SMILES string of the molecule is Cc1cc(C)c(B(c2cccc(-n3ccnc3)c2)c2c(C)cc(C)cc2C)c(C)c1. The van der Waals surface area contributed by atoms with Crippen molar-refractivity contribution in [1.82, 2.24) is 9.55 Å². The molecule has 30 heavy (non-hydrogen) atoms. The molecule has 0 aliphatic carbocycles. The zero-order chi connectivity index (χ0) is 21.4. The second-order valence-electron chi connectivity index (χ2n) is 8.62. The van der Waals surface area contributed by atoms with Gasteiger partial charge in [0.25, 0.3) is 0 Å². The zero-order valence-electron chi connectivity index (χ0n) is 18.8. The van der Waals surface area contributed by atoms with Crippen molar-refractivity contribution in [2.45, 2.75) is 41.5 Å². The smallest absolute Gasteiger partial charge is 0.242 e. The maximum atomic E-state index is 4.23. The molecule has 0 aliphatic rings. The van der Waals surface area contributed by atoms with Crippen LogP contribution in [0.25, 0.3) is 5.69 Å². The molecule has 0 radical (unpaired) electrons. The van der Waals surface area contributed by atoms with E-state index < -0.39 is 0 Å². The Bertz CT molecular complexity index is 1100. The molecule has 0 aliphatic heterocycles. The molecule has 0 spiro atoms. The normalized spacial score (nSPS) is 11.0. The lowest BCUT2D eigenvalue weighted by Gasteiger charge is -2.25. The molecule has 3 heteroatoms. The van der Waals surface area contributed by atoms with Crippen LogP contribution >= 0.6 is 0 Å². The van der Waals surface area contributed by atoms with E-state index in [1.807, 2.05) is 18.7 Å². The van der Waals surface area contributed by atoms with Crippen LogP contribution in [0.3, 0.4) is 0 Å². The predicted molar refractivity (Wildman–Crippen MR) is 130 cm³/mol. The van der Waals surface area contributed by atoms with Crippen molar-refractivity contribution in [2.75, 3.05) is 0 Å². The predicted octanol–water partition coefficient (Wildman–Crippen LogP) is 4.24. The first-order chi connectivity index (χ1) is 14.3. The third-order valence-corrected chi connectivity index (χ3v) is 6.06. The lowest BCUT2D eigenvalue weighted by atomic mass is 9.34. The van der Waals surface area contributed by atoms with Crippen LogP contribution in [0, 0.1) is 41.5 Å². The maximum absolute atomic E-state index is 4.23. The lowest BCUT2D eigenvalue weighted by Crippen LogP contribution is -2.55. The molecule has 1 aromatic heterocycles. The Kier molecular flexibility index (Phi) is 5.38. The number of hydrogen-bond acceptors (Lipinski definition) is 1. The fourth-order valence-corrected chi connectivity index (χ4v) is 5.05. The van der Waals surface area contributed by atoms with E-state index in [1.165, 1.54) is 49.8 Å². The number of nitrogens with zero attached hydrogens (tertiary/aromatic N) is 2. The average molecular weight is 392 g/mol. The molecule has 150 valence electrons. The Labute approximate surface area is 180 Å². The Balaban J connectivity index is 2.00. The van der Waals surface area contributed by atoms with E-state index in [4.69, 9.17) is 0 Å². The number of imidazole rings is 1. The second kappa shape index (κ2) is 7.99. The van der Waals surface area contributed by atoms with E-state index in [2.05, 4.69) is 99.6 Å². The highest BCUT2D eigenvalue weighted by atomic mass is 15.0. The van der Waals surface area contributed by atoms with Gasteiger partial charge in [-0.05, 0) is 53.7 Å². The molecular formula is C27H29BN2. The first kappa shape index (κ1) is 20.2. The van der Waals surface area contributed by atoms with Gasteiger partial charge in [-0.2, -0.15) is 0 Å². The molecule has 2 nitrogen and oxygen atoms in total. The molecule has 0 saturated carbocycles. The van der Waals surface area contributed by atoms with Crippen LogP contribution in [0.15, 0.2) is 67.3 Å². The molecular weight excluding hydrogens is 363 g/mol. The molecule has 4 rings (SSSR count). The van der Waals surface area contributed by atoms with Gasteiger partial charge in [-0.15, -0.1) is 0 Å². The standard InChI is InChI=1S/C27H29BN2/c1-18-12-20(3)26(21(4)13-18)28(27-22(5)14-19(2)15-23(27)6)24-8-7-9-25(16-24)30-11-10-29-17-30/h7-17H,1-6H3. The molecule has 0 saturated heterocycles. The van der Waals surface area contributed by atoms with E-state index >= 15 is 0 Å². The van der Waals surface area contributed by atoms with Crippen LogP contribution in [-0.4, -0.2) is 16.3 Å². The minimum atomic E-state index is 0.190. The van der Waals surface area contributed by atoms with E-state index in [9.17, 15) is 0 Å². The molecule has 0 bridgehead atoms. The summed E-state index contributed by atoms with van der Waals surface area (Å²) in [4.78, 5) is 4.23. The lowest BCUT2D eigenvalue weighted by molar-refractivity contribution is 1.06. The van der Waals surface area contributed by atoms with Gasteiger partial charge in [0.15, 0.2) is 0 Å². The van der Waals surface area contributed by atoms with E-state index in [0.29, 0.717) is 0 Å². The first-order valence-corrected chi connectivity index (χ1v) is 10.6. The number of hydrogen-bond donors (Lipinski definition) is 0. The summed E-state index contributed by atoms with van der Waals surface area (Å²) in [6.07, 6.45) is 5.68. The average Bonchev–Trinajstić information content (AvgIpc) is 3.20. The minimum Gasteiger partial charge on any atom is -0.306 e. The summed E-state index contributed by atoms with van der Waals surface area (Å²) < 4.78 is 2.07. The molecule has 1 heterocycles. The third-order valence-electron chi connectivity index (χ3n) is 6.06. The third kappa shape index (κ3) is 3.72. The van der Waals surface area contributed by atoms with Crippen LogP contribution in [0.5, 0.6) is 0 Å². The molecule has 0 fully saturated rings. The highest BCUT2D eigenvalue weighted by molar-refractivity contribution is 6.96. The van der Waals surface area contributed by atoms with Gasteiger partial charge in [-0.1, -0.05) is 86.2 Å². The van der Waals surface area contributed by atoms with Crippen molar-refractivity contribution in [3.05, 3.63) is 101 Å². The van der Waals surface area contributed by atoms with Gasteiger partial charge >= 0.3 is 0 Å². The van der Waals surface area contributed by atoms with Gasteiger partial charge in [-0.3, -0.25) is 0 Å². The molecule has 0 amide bonds. The van der Waals surface area contributed by atoms with Crippen molar-refractivity contribution < 1.29 is 0 Å². The maximum Gasteiger partial charge on any atom is 0.242 e. The summed E-state index contributed by atoms with van der Waals surface area (Å²) in [6.45, 7) is 13.6. The number of rotatable bonds is 4. The minimum absolute atomic E-state index is 0.190. The van der Waals surface area contributed by atoms with Crippen LogP contribution in [0.4, 0.5) is 0 Å². The zero-order valence-corrected chi connectivity index (χ0v) is 18.8. The van der Waals surface area contributed by atoms with Gasteiger partial charge in [0.2, 0.25) is 6.71 Å². The van der Waals surface area contributed by atoms with E-state index in [1.54, 1.807) is 0 Å². The molecule has 4 aromatic rings. The van der Waals surface area contributed by atoms with E-state index in [0.717, 1.165) is 5.69 Å². The van der Waals surface area contributed by atoms with Crippen LogP contribution in [0.2, 0.25) is 0 Å². The number of benzene rings is 3. The van der Waals surface area contributed by atoms with Crippen LogP contribution in [-0.2, 0) is 0 Å². The fraction of sp³-hybridized carbons (Fsp3) is 0.222. The van der Waals surface area contributed by atoms with Crippen molar-refractivity contribution in [3.8, 4) is 5.69 Å². The van der Waals surface area contributed by atoms with Gasteiger partial charge in [0.05, 0.1) is 6.33 Å². The van der Waals surface area contributed by atoms with Crippen LogP contribution in [0.1, 0.15) is 33.4 Å². The Morgan fingerprint density at radius 3 is 1.70 bits per heavy atom. The second-order valence-corrected chi connectivity index (χ2v) is 8.62. The van der Waals surface area contributed by atoms with Gasteiger partial charge in [-0.25, -0.2) is 4.98 Å². The summed E-state index contributed by atoms with van der Waals surface area (Å²) in [5.41, 5.74) is 13.3. The summed E-state index contributed by atoms with van der Waals surface area (Å²) >= 11 is 0. The van der Waals surface area contributed by atoms with Crippen molar-refractivity contribution in [1.29, 1.82) is 0 Å². The summed E-state index contributed by atoms with van der Waals surface area (Å²) in [7, 11) is 0. The van der Waals surface area contributed by atoms with Crippen molar-refractivity contribution >= 4 is 23.1 Å². The van der Waals surface area contributed by atoms with Crippen molar-refractivity contribution in [2.24, 2.45) is 0 Å². The Morgan fingerprint density at radius 2 is 1.23 bits per heavy atom. The summed E-state index contributed by atoms with van der Waals surface area (Å²) in [5.74, 6) is 0. The molecule has 0 N–H and O–H groups in total. The van der Waals surface area contributed by atoms with Gasteiger partial charge in [0, 0.05) is 18.1 Å². The fourth-order valence-electron chi connectivity index (χ4n) is 5.05. The van der Waals surface area contributed by atoms with Gasteiger partial charge < -0.3 is 4.57 Å². The number of aromatic nitrogens is 2. The Hall–Kier alpha value is -3.07. The van der Waals surface area contributed by atoms with E-state index in [-0.39, 0.29) is 6.71 Å². The molecule has 3 aromatic carbocycles. The highest BCUT2D eigenvalue weighted by Crippen LogP contribution is 2.14. The highest BCUT2D eigenvalue weighted by Gasteiger charge is 2.28. The topological polar surface area (TPSA) is 17.8 Å². The van der Waals surface area contributed by atoms with Gasteiger partial charge in [0.1, 0.15) is 0 Å². The van der Waals surface area contributed by atoms with Crippen LogP contribution < -0.4 is 16.4 Å². The summed E-state index contributed by atoms with van der Waals surface area (Å²) in [6, 6.07) is 18.1. The monoisotopic (exact) mass is 392 g/mol.